The van der Waals surface area contributed by atoms with Gasteiger partial charge in [-0.3, -0.25) is 0 Å². The van der Waals surface area contributed by atoms with E-state index >= 15 is 0 Å². The molecule has 0 saturated carbocycles. The van der Waals surface area contributed by atoms with E-state index in [1.807, 2.05) is 5.32 Å². The van der Waals surface area contributed by atoms with E-state index in [9.17, 15) is 22.8 Å². The van der Waals surface area contributed by atoms with Crippen LogP contribution in [-0.4, -0.2) is 34.9 Å². The Morgan fingerprint density at radius 1 is 1.29 bits per heavy atom. The van der Waals surface area contributed by atoms with Crippen molar-refractivity contribution in [2.75, 3.05) is 6.61 Å². The van der Waals surface area contributed by atoms with Crippen LogP contribution in [-0.2, 0) is 17.5 Å². The molecule has 9 heteroatoms. The first-order valence-electron chi connectivity index (χ1n) is 5.78. The van der Waals surface area contributed by atoms with Crippen molar-refractivity contribution in [3.8, 4) is 0 Å². The first-order chi connectivity index (χ1) is 9.74. The maximum Gasteiger partial charge on any atom is 0.416 e. The number of urea groups is 1. The maximum atomic E-state index is 12.5. The second-order valence-electron chi connectivity index (χ2n) is 4.10. The number of aliphatic carboxylic acids is 1. The van der Waals surface area contributed by atoms with Crippen LogP contribution < -0.4 is 10.6 Å². The zero-order chi connectivity index (χ0) is 16.0. The fraction of sp³-hybridized carbons (Fsp3) is 0.333. The summed E-state index contributed by atoms with van der Waals surface area (Å²) in [7, 11) is 0. The molecule has 6 nitrogen and oxygen atoms in total. The van der Waals surface area contributed by atoms with E-state index in [4.69, 9.17) is 10.2 Å². The number of halogens is 3. The van der Waals surface area contributed by atoms with E-state index in [1.165, 1.54) is 12.1 Å². The quantitative estimate of drug-likeness (QED) is 0.651. The van der Waals surface area contributed by atoms with Gasteiger partial charge in [-0.05, 0) is 17.7 Å². The molecule has 0 heterocycles. The molecule has 0 radical (unpaired) electrons. The highest BCUT2D eigenvalue weighted by atomic mass is 19.4. The van der Waals surface area contributed by atoms with Gasteiger partial charge in [0.05, 0.1) is 12.2 Å². The van der Waals surface area contributed by atoms with Gasteiger partial charge in [0.25, 0.3) is 0 Å². The number of alkyl halides is 3. The van der Waals surface area contributed by atoms with Gasteiger partial charge in [-0.25, -0.2) is 9.59 Å². The van der Waals surface area contributed by atoms with Crippen LogP contribution in [0.1, 0.15) is 11.1 Å². The zero-order valence-electron chi connectivity index (χ0n) is 10.6. The standard InChI is InChI=1S/C12H13F3N2O4/c13-12(14,15)8-3-1-2-7(4-8)5-16-11(21)17-9(6-18)10(19)20/h1-4,9,18H,5-6H2,(H,19,20)(H2,16,17,21)/t9-/m0/s1. The number of nitrogens with one attached hydrogen (secondary N) is 2. The van der Waals surface area contributed by atoms with E-state index in [-0.39, 0.29) is 12.1 Å². The molecule has 2 amide bonds. The number of carboxylic acids is 1. The normalized spacial score (nSPS) is 12.6. The van der Waals surface area contributed by atoms with Crippen LogP contribution in [0.2, 0.25) is 0 Å². The number of hydrogen-bond acceptors (Lipinski definition) is 3. The molecule has 0 spiro atoms. The Balaban J connectivity index is 2.59. The van der Waals surface area contributed by atoms with Crippen molar-refractivity contribution in [1.29, 1.82) is 0 Å². The minimum Gasteiger partial charge on any atom is -0.480 e. The third-order valence-electron chi connectivity index (χ3n) is 2.49. The first-order valence-corrected chi connectivity index (χ1v) is 5.78. The molecule has 1 aromatic rings. The molecular weight excluding hydrogens is 293 g/mol. The molecule has 0 aliphatic carbocycles. The van der Waals surface area contributed by atoms with Gasteiger partial charge in [-0.2, -0.15) is 13.2 Å². The van der Waals surface area contributed by atoms with Crippen molar-refractivity contribution in [2.45, 2.75) is 18.8 Å². The van der Waals surface area contributed by atoms with Gasteiger partial charge in [-0.1, -0.05) is 12.1 Å². The summed E-state index contributed by atoms with van der Waals surface area (Å²) in [6, 6.07) is 1.97. The Morgan fingerprint density at radius 2 is 1.95 bits per heavy atom. The lowest BCUT2D eigenvalue weighted by molar-refractivity contribution is -0.140. The highest BCUT2D eigenvalue weighted by molar-refractivity contribution is 5.82. The van der Waals surface area contributed by atoms with Gasteiger partial charge >= 0.3 is 18.2 Å². The lowest BCUT2D eigenvalue weighted by Crippen LogP contribution is -2.47. The van der Waals surface area contributed by atoms with Crippen molar-refractivity contribution in [2.24, 2.45) is 0 Å². The van der Waals surface area contributed by atoms with Crippen molar-refractivity contribution in [3.63, 3.8) is 0 Å². The van der Waals surface area contributed by atoms with E-state index in [0.717, 1.165) is 12.1 Å². The molecule has 4 N–H and O–H groups in total. The van der Waals surface area contributed by atoms with Crippen LogP contribution in [0.25, 0.3) is 0 Å². The summed E-state index contributed by atoms with van der Waals surface area (Å²) >= 11 is 0. The zero-order valence-corrected chi connectivity index (χ0v) is 10.6. The molecule has 0 bridgehead atoms. The van der Waals surface area contributed by atoms with E-state index < -0.39 is 36.4 Å². The van der Waals surface area contributed by atoms with Gasteiger partial charge < -0.3 is 20.8 Å². The van der Waals surface area contributed by atoms with Gasteiger partial charge in [0.2, 0.25) is 0 Å². The smallest absolute Gasteiger partial charge is 0.416 e. The van der Waals surface area contributed by atoms with Crippen molar-refractivity contribution in [1.82, 2.24) is 10.6 Å². The largest absolute Gasteiger partial charge is 0.480 e. The average Bonchev–Trinajstić information content (AvgIpc) is 2.41. The number of carbonyl (C=O) groups is 2. The Bertz CT molecular complexity index is 519. The number of carbonyl (C=O) groups excluding carboxylic acids is 1. The predicted molar refractivity (Wildman–Crippen MR) is 65.3 cm³/mol. The molecule has 0 fully saturated rings. The van der Waals surface area contributed by atoms with Crippen molar-refractivity contribution >= 4 is 12.0 Å². The van der Waals surface area contributed by atoms with Crippen molar-refractivity contribution in [3.05, 3.63) is 35.4 Å². The van der Waals surface area contributed by atoms with Gasteiger partial charge in [0.1, 0.15) is 0 Å². The average molecular weight is 306 g/mol. The van der Waals surface area contributed by atoms with E-state index in [0.29, 0.717) is 0 Å². The molecule has 0 unspecified atom stereocenters. The Labute approximate surface area is 117 Å². The predicted octanol–water partition coefficient (Wildman–Crippen LogP) is 0.950. The third kappa shape index (κ3) is 5.30. The molecule has 0 aliphatic heterocycles. The Hall–Kier alpha value is -2.29. The number of amides is 2. The fourth-order valence-corrected chi connectivity index (χ4v) is 1.43. The number of aliphatic hydroxyl groups excluding tert-OH is 1. The number of benzene rings is 1. The summed E-state index contributed by atoms with van der Waals surface area (Å²) < 4.78 is 37.4. The monoisotopic (exact) mass is 306 g/mol. The molecule has 1 atom stereocenters. The lowest BCUT2D eigenvalue weighted by atomic mass is 10.1. The topological polar surface area (TPSA) is 98.7 Å². The highest BCUT2D eigenvalue weighted by Gasteiger charge is 2.30. The van der Waals surface area contributed by atoms with E-state index in [2.05, 4.69) is 5.32 Å². The molecule has 0 aliphatic rings. The highest BCUT2D eigenvalue weighted by Crippen LogP contribution is 2.29. The minimum atomic E-state index is -4.48. The lowest BCUT2D eigenvalue weighted by Gasteiger charge is -2.13. The molecule has 0 saturated heterocycles. The number of aliphatic hydroxyl groups is 1. The molecule has 0 aromatic heterocycles. The minimum absolute atomic E-state index is 0.204. The van der Waals surface area contributed by atoms with Gasteiger partial charge in [-0.15, -0.1) is 0 Å². The van der Waals surface area contributed by atoms with Gasteiger partial charge in [0, 0.05) is 6.54 Å². The van der Waals surface area contributed by atoms with Crippen LogP contribution in [0.5, 0.6) is 0 Å². The number of hydrogen-bond donors (Lipinski definition) is 4. The second-order valence-corrected chi connectivity index (χ2v) is 4.10. The maximum absolute atomic E-state index is 12.5. The summed E-state index contributed by atoms with van der Waals surface area (Å²) in [6.07, 6.45) is -4.48. The molecular formula is C12H13F3N2O4. The van der Waals surface area contributed by atoms with Gasteiger partial charge in [0.15, 0.2) is 6.04 Å². The van der Waals surface area contributed by atoms with Crippen LogP contribution in [0, 0.1) is 0 Å². The van der Waals surface area contributed by atoms with Crippen LogP contribution in [0.3, 0.4) is 0 Å². The summed E-state index contributed by atoms with van der Waals surface area (Å²) in [4.78, 5) is 21.9. The number of rotatable bonds is 5. The molecule has 1 rings (SSSR count). The SMILES string of the molecule is O=C(NCc1cccc(C(F)(F)F)c1)N[C@@H](CO)C(=O)O. The first kappa shape index (κ1) is 16.8. The second kappa shape index (κ2) is 6.93. The third-order valence-corrected chi connectivity index (χ3v) is 2.49. The Kier molecular flexibility index (Phi) is 5.53. The molecule has 21 heavy (non-hydrogen) atoms. The molecule has 116 valence electrons. The summed E-state index contributed by atoms with van der Waals surface area (Å²) in [5.74, 6) is -1.42. The summed E-state index contributed by atoms with van der Waals surface area (Å²) in [5.41, 5.74) is -0.642. The van der Waals surface area contributed by atoms with Crippen LogP contribution in [0.4, 0.5) is 18.0 Å². The summed E-state index contributed by atoms with van der Waals surface area (Å²) in [5, 5.41) is 21.5. The summed E-state index contributed by atoms with van der Waals surface area (Å²) in [6.45, 7) is -1.01. The molecule has 1 aromatic carbocycles. The number of carboxylic acid groups (broad SMARTS) is 1. The van der Waals surface area contributed by atoms with E-state index in [1.54, 1.807) is 0 Å². The fourth-order valence-electron chi connectivity index (χ4n) is 1.43. The van der Waals surface area contributed by atoms with Crippen LogP contribution in [0.15, 0.2) is 24.3 Å². The van der Waals surface area contributed by atoms with Crippen LogP contribution >= 0.6 is 0 Å². The van der Waals surface area contributed by atoms with Crippen molar-refractivity contribution < 1.29 is 33.0 Å². The Morgan fingerprint density at radius 3 is 2.48 bits per heavy atom.